The molecule has 4 heteroatoms. The van der Waals surface area contributed by atoms with Crippen LogP contribution in [0.15, 0.2) is 0 Å². The third-order valence-corrected chi connectivity index (χ3v) is 4.01. The van der Waals surface area contributed by atoms with Crippen molar-refractivity contribution in [3.63, 3.8) is 0 Å². The molecule has 0 amide bonds. The summed E-state index contributed by atoms with van der Waals surface area (Å²) in [6.45, 7) is 12.8. The largest absolute Gasteiger partial charge is 0.380 e. The SMILES string of the molecule is CCCCOCCN1CCN(C(CN)CCC)CC1. The van der Waals surface area contributed by atoms with Gasteiger partial charge in [-0.3, -0.25) is 9.80 Å². The second kappa shape index (κ2) is 10.6. The third kappa shape index (κ3) is 6.70. The van der Waals surface area contributed by atoms with Crippen LogP contribution in [0.1, 0.15) is 39.5 Å². The van der Waals surface area contributed by atoms with Crippen molar-refractivity contribution in [1.82, 2.24) is 9.80 Å². The second-order valence-corrected chi connectivity index (χ2v) is 5.52. The molecule has 1 aliphatic heterocycles. The molecule has 2 N–H and O–H groups in total. The Morgan fingerprint density at radius 2 is 1.79 bits per heavy atom. The van der Waals surface area contributed by atoms with E-state index in [4.69, 9.17) is 10.5 Å². The molecule has 1 saturated heterocycles. The van der Waals surface area contributed by atoms with E-state index in [0.717, 1.165) is 52.5 Å². The van der Waals surface area contributed by atoms with Gasteiger partial charge in [0.25, 0.3) is 0 Å². The Bertz CT molecular complexity index is 206. The van der Waals surface area contributed by atoms with Crippen LogP contribution in [-0.4, -0.2) is 68.3 Å². The summed E-state index contributed by atoms with van der Waals surface area (Å²) in [5.74, 6) is 0. The summed E-state index contributed by atoms with van der Waals surface area (Å²) >= 11 is 0. The van der Waals surface area contributed by atoms with Crippen molar-refractivity contribution in [3.8, 4) is 0 Å². The first-order valence-electron chi connectivity index (χ1n) is 8.06. The first-order valence-corrected chi connectivity index (χ1v) is 8.06. The lowest BCUT2D eigenvalue weighted by Crippen LogP contribution is -2.52. The Labute approximate surface area is 119 Å². The number of hydrogen-bond acceptors (Lipinski definition) is 4. The molecular formula is C15H33N3O. The van der Waals surface area contributed by atoms with Gasteiger partial charge in [0.15, 0.2) is 0 Å². The van der Waals surface area contributed by atoms with E-state index in [1.165, 1.54) is 25.7 Å². The zero-order valence-electron chi connectivity index (χ0n) is 12.9. The summed E-state index contributed by atoms with van der Waals surface area (Å²) < 4.78 is 5.64. The Morgan fingerprint density at radius 1 is 1.05 bits per heavy atom. The number of unbranched alkanes of at least 4 members (excludes halogenated alkanes) is 1. The number of rotatable bonds is 10. The maximum atomic E-state index is 5.88. The van der Waals surface area contributed by atoms with Crippen LogP contribution in [0.3, 0.4) is 0 Å². The van der Waals surface area contributed by atoms with Crippen LogP contribution in [-0.2, 0) is 4.74 Å². The average Bonchev–Trinajstić information content (AvgIpc) is 2.45. The van der Waals surface area contributed by atoms with Crippen LogP contribution < -0.4 is 5.73 Å². The molecule has 19 heavy (non-hydrogen) atoms. The molecule has 1 fully saturated rings. The highest BCUT2D eigenvalue weighted by atomic mass is 16.5. The minimum atomic E-state index is 0.591. The Kier molecular flexibility index (Phi) is 9.43. The van der Waals surface area contributed by atoms with Gasteiger partial charge in [-0.2, -0.15) is 0 Å². The molecule has 0 aliphatic carbocycles. The van der Waals surface area contributed by atoms with Crippen molar-refractivity contribution < 1.29 is 4.74 Å². The van der Waals surface area contributed by atoms with Crippen molar-refractivity contribution in [2.45, 2.75) is 45.6 Å². The van der Waals surface area contributed by atoms with Gasteiger partial charge in [-0.25, -0.2) is 0 Å². The summed E-state index contributed by atoms with van der Waals surface area (Å²) in [4.78, 5) is 5.08. The first kappa shape index (κ1) is 16.9. The third-order valence-electron chi connectivity index (χ3n) is 4.01. The van der Waals surface area contributed by atoms with Crippen molar-refractivity contribution in [3.05, 3.63) is 0 Å². The van der Waals surface area contributed by atoms with Gasteiger partial charge in [0.1, 0.15) is 0 Å². The molecule has 1 unspecified atom stereocenters. The van der Waals surface area contributed by atoms with E-state index < -0.39 is 0 Å². The summed E-state index contributed by atoms with van der Waals surface area (Å²) in [6.07, 6.45) is 4.86. The fourth-order valence-corrected chi connectivity index (χ4v) is 2.68. The fourth-order valence-electron chi connectivity index (χ4n) is 2.68. The maximum absolute atomic E-state index is 5.88. The van der Waals surface area contributed by atoms with Crippen molar-refractivity contribution in [2.24, 2.45) is 5.73 Å². The van der Waals surface area contributed by atoms with Gasteiger partial charge < -0.3 is 10.5 Å². The van der Waals surface area contributed by atoms with Gasteiger partial charge in [-0.1, -0.05) is 26.7 Å². The van der Waals surface area contributed by atoms with E-state index in [9.17, 15) is 0 Å². The zero-order valence-corrected chi connectivity index (χ0v) is 12.9. The quantitative estimate of drug-likeness (QED) is 0.612. The van der Waals surface area contributed by atoms with Crippen molar-refractivity contribution in [1.29, 1.82) is 0 Å². The molecule has 4 nitrogen and oxygen atoms in total. The van der Waals surface area contributed by atoms with Gasteiger partial charge in [-0.15, -0.1) is 0 Å². The van der Waals surface area contributed by atoms with E-state index in [1.54, 1.807) is 0 Å². The monoisotopic (exact) mass is 271 g/mol. The molecule has 1 atom stereocenters. The first-order chi connectivity index (χ1) is 9.31. The Morgan fingerprint density at radius 3 is 2.37 bits per heavy atom. The number of ether oxygens (including phenoxy) is 1. The lowest BCUT2D eigenvalue weighted by Gasteiger charge is -2.39. The Balaban J connectivity index is 2.10. The number of piperazine rings is 1. The molecule has 0 spiro atoms. The van der Waals surface area contributed by atoms with Crippen LogP contribution in [0.5, 0.6) is 0 Å². The Hall–Kier alpha value is -0.160. The summed E-state index contributed by atoms with van der Waals surface area (Å²) in [6, 6.07) is 0.591. The van der Waals surface area contributed by atoms with Gasteiger partial charge in [0, 0.05) is 51.9 Å². The minimum Gasteiger partial charge on any atom is -0.380 e. The molecular weight excluding hydrogens is 238 g/mol. The molecule has 0 aromatic rings. The molecule has 1 heterocycles. The number of nitrogens with zero attached hydrogens (tertiary/aromatic N) is 2. The van der Waals surface area contributed by atoms with Crippen LogP contribution >= 0.6 is 0 Å². The molecule has 0 saturated carbocycles. The topological polar surface area (TPSA) is 41.7 Å². The van der Waals surface area contributed by atoms with E-state index in [1.807, 2.05) is 0 Å². The lowest BCUT2D eigenvalue weighted by atomic mass is 10.1. The highest BCUT2D eigenvalue weighted by molar-refractivity contribution is 4.78. The van der Waals surface area contributed by atoms with Crippen LogP contribution in [0, 0.1) is 0 Å². The average molecular weight is 271 g/mol. The predicted octanol–water partition coefficient (Wildman–Crippen LogP) is 1.55. The summed E-state index contributed by atoms with van der Waals surface area (Å²) in [5.41, 5.74) is 5.88. The lowest BCUT2D eigenvalue weighted by molar-refractivity contribution is 0.0597. The molecule has 0 aromatic heterocycles. The van der Waals surface area contributed by atoms with E-state index in [0.29, 0.717) is 6.04 Å². The molecule has 0 aromatic carbocycles. The second-order valence-electron chi connectivity index (χ2n) is 5.52. The molecule has 0 radical (unpaired) electrons. The maximum Gasteiger partial charge on any atom is 0.0593 e. The van der Waals surface area contributed by atoms with E-state index in [2.05, 4.69) is 23.6 Å². The zero-order chi connectivity index (χ0) is 13.9. The van der Waals surface area contributed by atoms with Gasteiger partial charge in [0.05, 0.1) is 6.61 Å². The van der Waals surface area contributed by atoms with Crippen LogP contribution in [0.2, 0.25) is 0 Å². The van der Waals surface area contributed by atoms with Gasteiger partial charge >= 0.3 is 0 Å². The molecule has 1 rings (SSSR count). The number of nitrogens with two attached hydrogens (primary N) is 1. The summed E-state index contributed by atoms with van der Waals surface area (Å²) in [5, 5.41) is 0. The highest BCUT2D eigenvalue weighted by Gasteiger charge is 2.21. The minimum absolute atomic E-state index is 0.591. The molecule has 1 aliphatic rings. The number of hydrogen-bond donors (Lipinski definition) is 1. The van der Waals surface area contributed by atoms with Gasteiger partial charge in [0.2, 0.25) is 0 Å². The van der Waals surface area contributed by atoms with Gasteiger partial charge in [-0.05, 0) is 12.8 Å². The predicted molar refractivity (Wildman–Crippen MR) is 81.5 cm³/mol. The fraction of sp³-hybridized carbons (Fsp3) is 1.00. The van der Waals surface area contributed by atoms with Crippen LogP contribution in [0.4, 0.5) is 0 Å². The highest BCUT2D eigenvalue weighted by Crippen LogP contribution is 2.10. The standard InChI is InChI=1S/C15H33N3O/c1-3-5-12-19-13-11-17-7-9-18(10-8-17)15(14-16)6-4-2/h15H,3-14,16H2,1-2H3. The van der Waals surface area contributed by atoms with Crippen molar-refractivity contribution in [2.75, 3.05) is 52.5 Å². The molecule has 114 valence electrons. The summed E-state index contributed by atoms with van der Waals surface area (Å²) in [7, 11) is 0. The van der Waals surface area contributed by atoms with Crippen molar-refractivity contribution >= 4 is 0 Å². The van der Waals surface area contributed by atoms with Crippen LogP contribution in [0.25, 0.3) is 0 Å². The normalized spacial score (nSPS) is 19.7. The van der Waals surface area contributed by atoms with E-state index >= 15 is 0 Å². The smallest absolute Gasteiger partial charge is 0.0593 e. The molecule has 0 bridgehead atoms. The van der Waals surface area contributed by atoms with E-state index in [-0.39, 0.29) is 0 Å².